The molecule has 1 saturated heterocycles. The van der Waals surface area contributed by atoms with E-state index in [0.29, 0.717) is 6.04 Å². The summed E-state index contributed by atoms with van der Waals surface area (Å²) in [7, 11) is 1.97. The molecule has 1 heterocycles. The van der Waals surface area contributed by atoms with E-state index in [-0.39, 0.29) is 0 Å². The third kappa shape index (κ3) is 1.61. The van der Waals surface area contributed by atoms with Crippen molar-refractivity contribution in [2.45, 2.75) is 18.9 Å². The normalized spacial score (nSPS) is 20.9. The van der Waals surface area contributed by atoms with Gasteiger partial charge in [-0.1, -0.05) is 13.2 Å². The van der Waals surface area contributed by atoms with Gasteiger partial charge in [-0.25, -0.2) is 0 Å². The topological polar surface area (TPSA) is 24.1 Å². The van der Waals surface area contributed by atoms with Crippen LogP contribution in [0.15, 0.2) is 24.6 Å². The Hall–Kier alpha value is -0.760. The molecule has 0 spiro atoms. The van der Waals surface area contributed by atoms with Gasteiger partial charge in [-0.15, -0.1) is 0 Å². The SMILES string of the molecule is C=C1CC(NC)CC(=C)N1. The highest BCUT2D eigenvalue weighted by Gasteiger charge is 2.15. The molecular formula is C8H14N2. The van der Waals surface area contributed by atoms with Crippen LogP contribution in [0, 0.1) is 0 Å². The van der Waals surface area contributed by atoms with E-state index in [4.69, 9.17) is 0 Å². The average molecular weight is 138 g/mol. The van der Waals surface area contributed by atoms with E-state index >= 15 is 0 Å². The van der Waals surface area contributed by atoms with Gasteiger partial charge in [0.25, 0.3) is 0 Å². The van der Waals surface area contributed by atoms with Crippen LogP contribution in [0.3, 0.4) is 0 Å². The zero-order valence-corrected chi connectivity index (χ0v) is 6.41. The number of hydrogen-bond donors (Lipinski definition) is 2. The van der Waals surface area contributed by atoms with E-state index in [2.05, 4.69) is 23.8 Å². The molecule has 0 unspecified atom stereocenters. The van der Waals surface area contributed by atoms with Crippen molar-refractivity contribution in [1.82, 2.24) is 10.6 Å². The second-order valence-corrected chi connectivity index (χ2v) is 2.73. The highest BCUT2D eigenvalue weighted by Crippen LogP contribution is 2.15. The molecule has 2 N–H and O–H groups in total. The van der Waals surface area contributed by atoms with Gasteiger partial charge >= 0.3 is 0 Å². The van der Waals surface area contributed by atoms with Crippen LogP contribution in [0.1, 0.15) is 12.8 Å². The highest BCUT2D eigenvalue weighted by molar-refractivity contribution is 5.13. The van der Waals surface area contributed by atoms with Gasteiger partial charge < -0.3 is 10.6 Å². The maximum absolute atomic E-state index is 3.85. The number of nitrogens with one attached hydrogen (secondary N) is 2. The summed E-state index contributed by atoms with van der Waals surface area (Å²) in [5, 5.41) is 6.32. The molecule has 1 aliphatic rings. The van der Waals surface area contributed by atoms with Gasteiger partial charge in [-0.2, -0.15) is 0 Å². The molecule has 0 bridgehead atoms. The molecule has 1 fully saturated rings. The minimum atomic E-state index is 0.529. The summed E-state index contributed by atoms with van der Waals surface area (Å²) >= 11 is 0. The van der Waals surface area contributed by atoms with Crippen LogP contribution >= 0.6 is 0 Å². The Morgan fingerprint density at radius 1 is 1.40 bits per heavy atom. The molecule has 0 atom stereocenters. The molecule has 0 saturated carbocycles. The van der Waals surface area contributed by atoms with Crippen LogP contribution in [-0.2, 0) is 0 Å². The van der Waals surface area contributed by atoms with Crippen molar-refractivity contribution in [3.05, 3.63) is 24.6 Å². The molecule has 10 heavy (non-hydrogen) atoms. The molecule has 56 valence electrons. The summed E-state index contributed by atoms with van der Waals surface area (Å²) in [6.07, 6.45) is 2.02. The number of piperidine rings is 1. The molecule has 0 aromatic carbocycles. The van der Waals surface area contributed by atoms with Gasteiger partial charge in [0.05, 0.1) is 0 Å². The van der Waals surface area contributed by atoms with Crippen molar-refractivity contribution in [2.75, 3.05) is 7.05 Å². The minimum Gasteiger partial charge on any atom is -0.363 e. The van der Waals surface area contributed by atoms with E-state index in [1.54, 1.807) is 0 Å². The van der Waals surface area contributed by atoms with Gasteiger partial charge in [0, 0.05) is 30.3 Å². The van der Waals surface area contributed by atoms with Crippen molar-refractivity contribution < 1.29 is 0 Å². The van der Waals surface area contributed by atoms with Crippen LogP contribution in [0.4, 0.5) is 0 Å². The lowest BCUT2D eigenvalue weighted by molar-refractivity contribution is 0.497. The lowest BCUT2D eigenvalue weighted by Gasteiger charge is -2.26. The Bertz CT molecular complexity index is 145. The summed E-state index contributed by atoms with van der Waals surface area (Å²) in [5.74, 6) is 0. The molecule has 1 aliphatic heterocycles. The largest absolute Gasteiger partial charge is 0.363 e. The fourth-order valence-electron chi connectivity index (χ4n) is 1.22. The van der Waals surface area contributed by atoms with Crippen molar-refractivity contribution >= 4 is 0 Å². The molecule has 0 aliphatic carbocycles. The Balaban J connectivity index is 2.50. The third-order valence-electron chi connectivity index (χ3n) is 1.75. The summed E-state index contributed by atoms with van der Waals surface area (Å²) in [6.45, 7) is 7.70. The van der Waals surface area contributed by atoms with Gasteiger partial charge in [0.15, 0.2) is 0 Å². The van der Waals surface area contributed by atoms with Crippen LogP contribution in [0.5, 0.6) is 0 Å². The van der Waals surface area contributed by atoms with E-state index in [1.165, 1.54) is 0 Å². The van der Waals surface area contributed by atoms with Gasteiger partial charge in [0.1, 0.15) is 0 Å². The smallest absolute Gasteiger partial charge is 0.0173 e. The van der Waals surface area contributed by atoms with E-state index in [0.717, 1.165) is 24.2 Å². The molecule has 0 aromatic rings. The first-order valence-electron chi connectivity index (χ1n) is 3.52. The fraction of sp³-hybridized carbons (Fsp3) is 0.500. The van der Waals surface area contributed by atoms with Gasteiger partial charge in [0.2, 0.25) is 0 Å². The Labute approximate surface area is 62.0 Å². The van der Waals surface area contributed by atoms with Crippen molar-refractivity contribution in [3.8, 4) is 0 Å². The van der Waals surface area contributed by atoms with E-state index in [1.807, 2.05) is 7.05 Å². The minimum absolute atomic E-state index is 0.529. The molecule has 0 radical (unpaired) electrons. The summed E-state index contributed by atoms with van der Waals surface area (Å²) in [6, 6.07) is 0.529. The second-order valence-electron chi connectivity index (χ2n) is 2.73. The molecule has 2 nitrogen and oxygen atoms in total. The summed E-state index contributed by atoms with van der Waals surface area (Å²) in [4.78, 5) is 0. The fourth-order valence-corrected chi connectivity index (χ4v) is 1.22. The lowest BCUT2D eigenvalue weighted by atomic mass is 10.0. The van der Waals surface area contributed by atoms with Gasteiger partial charge in [-0.3, -0.25) is 0 Å². The first-order valence-corrected chi connectivity index (χ1v) is 3.52. The maximum atomic E-state index is 3.85. The van der Waals surface area contributed by atoms with E-state index < -0.39 is 0 Å². The molecule has 1 rings (SSSR count). The molecule has 0 amide bonds. The number of hydrogen-bond acceptors (Lipinski definition) is 2. The quantitative estimate of drug-likeness (QED) is 0.564. The lowest BCUT2D eigenvalue weighted by Crippen LogP contribution is -2.34. The van der Waals surface area contributed by atoms with Crippen molar-refractivity contribution in [3.63, 3.8) is 0 Å². The number of rotatable bonds is 1. The van der Waals surface area contributed by atoms with Crippen LogP contribution in [0.25, 0.3) is 0 Å². The first kappa shape index (κ1) is 7.35. The molecule has 2 heteroatoms. The molecule has 0 aromatic heterocycles. The predicted octanol–water partition coefficient (Wildman–Crippen LogP) is 0.985. The van der Waals surface area contributed by atoms with Crippen molar-refractivity contribution in [1.29, 1.82) is 0 Å². The third-order valence-corrected chi connectivity index (χ3v) is 1.75. The zero-order chi connectivity index (χ0) is 7.56. The standard InChI is InChI=1S/C8H14N2/c1-6-4-8(9-3)5-7(2)10-6/h8-10H,1-2,4-5H2,3H3. The first-order chi connectivity index (χ1) is 4.72. The van der Waals surface area contributed by atoms with E-state index in [9.17, 15) is 0 Å². The molecular weight excluding hydrogens is 124 g/mol. The monoisotopic (exact) mass is 138 g/mol. The summed E-state index contributed by atoms with van der Waals surface area (Å²) in [5.41, 5.74) is 2.13. The Morgan fingerprint density at radius 2 is 1.90 bits per heavy atom. The maximum Gasteiger partial charge on any atom is 0.0173 e. The Morgan fingerprint density at radius 3 is 2.30 bits per heavy atom. The Kier molecular flexibility index (Phi) is 2.12. The predicted molar refractivity (Wildman–Crippen MR) is 43.5 cm³/mol. The second kappa shape index (κ2) is 2.88. The average Bonchev–Trinajstić information content (AvgIpc) is 1.85. The van der Waals surface area contributed by atoms with Crippen LogP contribution in [-0.4, -0.2) is 13.1 Å². The van der Waals surface area contributed by atoms with Gasteiger partial charge in [-0.05, 0) is 7.05 Å². The summed E-state index contributed by atoms with van der Waals surface area (Å²) < 4.78 is 0. The zero-order valence-electron chi connectivity index (χ0n) is 6.41. The highest BCUT2D eigenvalue weighted by atomic mass is 15.0. The van der Waals surface area contributed by atoms with Crippen LogP contribution < -0.4 is 10.6 Å². The van der Waals surface area contributed by atoms with Crippen molar-refractivity contribution in [2.24, 2.45) is 0 Å². The van der Waals surface area contributed by atoms with Crippen LogP contribution in [0.2, 0.25) is 0 Å².